The van der Waals surface area contributed by atoms with Crippen molar-refractivity contribution < 1.29 is 13.7 Å². The van der Waals surface area contributed by atoms with Crippen molar-refractivity contribution in [1.82, 2.24) is 5.16 Å². The van der Waals surface area contributed by atoms with Crippen LogP contribution >= 0.6 is 0 Å². The van der Waals surface area contributed by atoms with Crippen molar-refractivity contribution in [3.05, 3.63) is 59.5 Å². The molecule has 0 radical (unpaired) electrons. The summed E-state index contributed by atoms with van der Waals surface area (Å²) in [6.45, 7) is 3.64. The van der Waals surface area contributed by atoms with Gasteiger partial charge in [-0.3, -0.25) is 4.79 Å². The predicted octanol–water partition coefficient (Wildman–Crippen LogP) is 4.44. The van der Waals surface area contributed by atoms with Gasteiger partial charge >= 0.3 is 0 Å². The molecule has 0 atom stereocenters. The molecule has 0 saturated heterocycles. The number of rotatable bonds is 2. The third-order valence-corrected chi connectivity index (χ3v) is 3.90. The number of amides is 1. The van der Waals surface area contributed by atoms with Crippen LogP contribution in [0.3, 0.4) is 0 Å². The fourth-order valence-electron chi connectivity index (χ4n) is 2.76. The molecule has 4 aromatic rings. The van der Waals surface area contributed by atoms with E-state index in [4.69, 9.17) is 8.94 Å². The minimum absolute atomic E-state index is 0.289. The van der Waals surface area contributed by atoms with Crippen molar-refractivity contribution in [3.8, 4) is 0 Å². The van der Waals surface area contributed by atoms with Crippen LogP contribution in [0.25, 0.3) is 21.7 Å². The fourth-order valence-corrected chi connectivity index (χ4v) is 2.76. The van der Waals surface area contributed by atoms with E-state index in [9.17, 15) is 4.79 Å². The van der Waals surface area contributed by atoms with Gasteiger partial charge < -0.3 is 14.3 Å². The molecule has 0 aliphatic carbocycles. The molecule has 0 spiro atoms. The van der Waals surface area contributed by atoms with Gasteiger partial charge in [0, 0.05) is 22.4 Å². The lowest BCUT2D eigenvalue weighted by Crippen LogP contribution is -2.12. The van der Waals surface area contributed by atoms with Crippen LogP contribution in [-0.2, 0) is 0 Å². The van der Waals surface area contributed by atoms with Crippen LogP contribution in [0.15, 0.2) is 51.4 Å². The second kappa shape index (κ2) is 4.98. The lowest BCUT2D eigenvalue weighted by atomic mass is 10.1. The lowest BCUT2D eigenvalue weighted by Gasteiger charge is -1.98. The number of hydrogen-bond donors (Lipinski definition) is 1. The van der Waals surface area contributed by atoms with Crippen molar-refractivity contribution in [1.29, 1.82) is 0 Å². The van der Waals surface area contributed by atoms with E-state index in [-0.39, 0.29) is 11.7 Å². The molecule has 1 amide bonds. The van der Waals surface area contributed by atoms with Gasteiger partial charge in [0.25, 0.3) is 5.91 Å². The van der Waals surface area contributed by atoms with Crippen LogP contribution in [0.4, 0.5) is 5.82 Å². The molecule has 0 bridgehead atoms. The van der Waals surface area contributed by atoms with Crippen molar-refractivity contribution in [2.45, 2.75) is 13.8 Å². The molecule has 2 heterocycles. The Kier molecular flexibility index (Phi) is 2.94. The van der Waals surface area contributed by atoms with Gasteiger partial charge in [-0.15, -0.1) is 0 Å². The summed E-state index contributed by atoms with van der Waals surface area (Å²) < 4.78 is 10.8. The predicted molar refractivity (Wildman–Crippen MR) is 87.7 cm³/mol. The third kappa shape index (κ3) is 2.17. The highest BCUT2D eigenvalue weighted by molar-refractivity contribution is 6.11. The average molecular weight is 306 g/mol. The maximum Gasteiger partial charge on any atom is 0.292 e. The molecular formula is C18H14N2O3. The molecule has 0 saturated carbocycles. The smallest absolute Gasteiger partial charge is 0.292 e. The lowest BCUT2D eigenvalue weighted by molar-refractivity contribution is 0.0997. The van der Waals surface area contributed by atoms with Crippen LogP contribution < -0.4 is 5.32 Å². The van der Waals surface area contributed by atoms with E-state index in [0.29, 0.717) is 11.6 Å². The number of carbonyl (C=O) groups is 1. The Balaban J connectivity index is 1.82. The van der Waals surface area contributed by atoms with Crippen LogP contribution in [0.2, 0.25) is 0 Å². The van der Waals surface area contributed by atoms with Gasteiger partial charge in [-0.1, -0.05) is 41.6 Å². The summed E-state index contributed by atoms with van der Waals surface area (Å²) >= 11 is 0. The number of benzene rings is 2. The standard InChI is InChI=1S/C18H14N2O3/c1-10-9-15(20-23-10)19-18(21)16-11(2)13-8-7-12-5-3-4-6-14(12)17(13)22-16/h3-9H,1-2H3,(H,19,20,21). The normalized spacial score (nSPS) is 11.2. The van der Waals surface area contributed by atoms with Crippen molar-refractivity contribution >= 4 is 33.5 Å². The van der Waals surface area contributed by atoms with Gasteiger partial charge in [-0.05, 0) is 19.2 Å². The maximum atomic E-state index is 12.5. The monoisotopic (exact) mass is 306 g/mol. The molecule has 114 valence electrons. The Bertz CT molecular complexity index is 1040. The molecular weight excluding hydrogens is 292 g/mol. The number of nitrogens with zero attached hydrogens (tertiary/aromatic N) is 1. The van der Waals surface area contributed by atoms with Crippen LogP contribution in [0.1, 0.15) is 21.9 Å². The number of aromatic nitrogens is 1. The molecule has 0 aliphatic rings. The molecule has 5 nitrogen and oxygen atoms in total. The minimum Gasteiger partial charge on any atom is -0.450 e. The Morgan fingerprint density at radius 1 is 1.09 bits per heavy atom. The molecule has 0 aliphatic heterocycles. The Morgan fingerprint density at radius 3 is 2.70 bits per heavy atom. The summed E-state index contributed by atoms with van der Waals surface area (Å²) in [6.07, 6.45) is 0. The third-order valence-electron chi connectivity index (χ3n) is 3.90. The number of carbonyl (C=O) groups excluding carboxylic acids is 1. The highest BCUT2D eigenvalue weighted by atomic mass is 16.5. The zero-order valence-corrected chi connectivity index (χ0v) is 12.7. The van der Waals surface area contributed by atoms with Gasteiger partial charge in [-0.2, -0.15) is 0 Å². The van der Waals surface area contributed by atoms with E-state index < -0.39 is 0 Å². The summed E-state index contributed by atoms with van der Waals surface area (Å²) in [5.74, 6) is 0.956. The van der Waals surface area contributed by atoms with Crippen molar-refractivity contribution in [2.24, 2.45) is 0 Å². The first-order valence-electron chi connectivity index (χ1n) is 7.29. The number of anilines is 1. The molecule has 0 fully saturated rings. The van der Waals surface area contributed by atoms with E-state index in [2.05, 4.69) is 10.5 Å². The van der Waals surface area contributed by atoms with Gasteiger partial charge in [0.15, 0.2) is 11.6 Å². The first-order valence-corrected chi connectivity index (χ1v) is 7.29. The summed E-state index contributed by atoms with van der Waals surface area (Å²) in [6, 6.07) is 13.6. The highest BCUT2D eigenvalue weighted by Gasteiger charge is 2.20. The van der Waals surface area contributed by atoms with Gasteiger partial charge in [-0.25, -0.2) is 0 Å². The quantitative estimate of drug-likeness (QED) is 0.594. The second-order valence-electron chi connectivity index (χ2n) is 5.50. The molecule has 4 rings (SSSR count). The molecule has 2 aromatic carbocycles. The second-order valence-corrected chi connectivity index (χ2v) is 5.50. The molecule has 2 aromatic heterocycles. The largest absolute Gasteiger partial charge is 0.450 e. The Hall–Kier alpha value is -3.08. The van der Waals surface area contributed by atoms with Gasteiger partial charge in [0.1, 0.15) is 11.3 Å². The summed E-state index contributed by atoms with van der Waals surface area (Å²) in [5.41, 5.74) is 1.53. The Morgan fingerprint density at radius 2 is 1.91 bits per heavy atom. The van der Waals surface area contributed by atoms with E-state index in [1.807, 2.05) is 43.3 Å². The van der Waals surface area contributed by atoms with E-state index >= 15 is 0 Å². The van der Waals surface area contributed by atoms with E-state index in [1.165, 1.54) is 0 Å². The SMILES string of the molecule is Cc1cc(NC(=O)c2oc3c(ccc4ccccc43)c2C)no1. The van der Waals surface area contributed by atoms with Crippen LogP contribution in [0, 0.1) is 13.8 Å². The fraction of sp³-hybridized carbons (Fsp3) is 0.111. The first kappa shape index (κ1) is 13.6. The first-order chi connectivity index (χ1) is 11.1. The Labute approximate surface area is 131 Å². The van der Waals surface area contributed by atoms with Gasteiger partial charge in [0.2, 0.25) is 0 Å². The summed E-state index contributed by atoms with van der Waals surface area (Å²) in [5, 5.41) is 9.46. The van der Waals surface area contributed by atoms with E-state index in [1.54, 1.807) is 13.0 Å². The van der Waals surface area contributed by atoms with Crippen molar-refractivity contribution in [2.75, 3.05) is 5.32 Å². The number of furan rings is 1. The number of hydrogen-bond acceptors (Lipinski definition) is 4. The highest BCUT2D eigenvalue weighted by Crippen LogP contribution is 2.32. The zero-order valence-electron chi connectivity index (χ0n) is 12.7. The van der Waals surface area contributed by atoms with Gasteiger partial charge in [0.05, 0.1) is 0 Å². The molecule has 0 unspecified atom stereocenters. The van der Waals surface area contributed by atoms with Crippen LogP contribution in [0.5, 0.6) is 0 Å². The number of aryl methyl sites for hydroxylation is 2. The molecule has 5 heteroatoms. The summed E-state index contributed by atoms with van der Waals surface area (Å²) in [7, 11) is 0. The molecule has 1 N–H and O–H groups in total. The maximum absolute atomic E-state index is 12.5. The molecule has 23 heavy (non-hydrogen) atoms. The zero-order chi connectivity index (χ0) is 16.0. The van der Waals surface area contributed by atoms with Crippen LogP contribution in [-0.4, -0.2) is 11.1 Å². The van der Waals surface area contributed by atoms with E-state index in [0.717, 1.165) is 27.3 Å². The van der Waals surface area contributed by atoms with Crippen molar-refractivity contribution in [3.63, 3.8) is 0 Å². The number of nitrogens with one attached hydrogen (secondary N) is 1. The average Bonchev–Trinajstić information content (AvgIpc) is 3.11. The topological polar surface area (TPSA) is 68.3 Å². The number of fused-ring (bicyclic) bond motifs is 3. The minimum atomic E-state index is -0.337. The summed E-state index contributed by atoms with van der Waals surface area (Å²) in [4.78, 5) is 12.5.